The third kappa shape index (κ3) is 2.82. The summed E-state index contributed by atoms with van der Waals surface area (Å²) in [4.78, 5) is 1.18. The van der Waals surface area contributed by atoms with Gasteiger partial charge in [-0.1, -0.05) is 17.8 Å². The summed E-state index contributed by atoms with van der Waals surface area (Å²) in [6.07, 6.45) is 3.97. The van der Waals surface area contributed by atoms with Gasteiger partial charge in [0.1, 0.15) is 0 Å². The van der Waals surface area contributed by atoms with Crippen LogP contribution >= 0.6 is 23.1 Å². The number of hydrogen-bond donors (Lipinski definition) is 0. The number of thioether (sulfide) groups is 1. The second-order valence-electron chi connectivity index (χ2n) is 4.49. The Kier molecular flexibility index (Phi) is 3.85. The molecule has 0 atom stereocenters. The average Bonchev–Trinajstić information content (AvgIpc) is 2.96. The van der Waals surface area contributed by atoms with Crippen LogP contribution in [-0.2, 0) is 0 Å². The molecule has 0 amide bonds. The molecule has 1 aliphatic rings. The lowest BCUT2D eigenvalue weighted by atomic mass is 10.4. The zero-order chi connectivity index (χ0) is 13.1. The second-order valence-corrected chi connectivity index (χ2v) is 6.50. The van der Waals surface area contributed by atoms with Crippen molar-refractivity contribution in [3.8, 4) is 16.8 Å². The number of aromatic nitrogens is 3. The molecule has 4 nitrogen and oxygen atoms in total. The minimum atomic E-state index is 0.575. The molecule has 0 aliphatic heterocycles. The largest absolute Gasteiger partial charge is 0.298 e. The van der Waals surface area contributed by atoms with E-state index in [-0.39, 0.29) is 0 Å². The standard InChI is InChI=1S/C13H14N4S2/c14-7-1-2-8-19-13-16-15-12(11-4-3-9-18-11)17(13)10-5-6-10/h3-4,9-10H,1-2,5-6,8H2. The highest BCUT2D eigenvalue weighted by molar-refractivity contribution is 7.99. The maximum atomic E-state index is 8.55. The Morgan fingerprint density at radius 2 is 2.37 bits per heavy atom. The summed E-state index contributed by atoms with van der Waals surface area (Å²) in [5.41, 5.74) is 0. The number of unbranched alkanes of at least 4 members (excludes halogenated alkanes) is 1. The highest BCUT2D eigenvalue weighted by Gasteiger charge is 2.30. The highest BCUT2D eigenvalue weighted by Crippen LogP contribution is 2.41. The summed E-state index contributed by atoms with van der Waals surface area (Å²) < 4.78 is 2.28. The topological polar surface area (TPSA) is 54.5 Å². The average molecular weight is 290 g/mol. The van der Waals surface area contributed by atoms with Gasteiger partial charge in [0.2, 0.25) is 0 Å². The monoisotopic (exact) mass is 290 g/mol. The van der Waals surface area contributed by atoms with Crippen LogP contribution < -0.4 is 0 Å². The fourth-order valence-corrected chi connectivity index (χ4v) is 3.58. The van der Waals surface area contributed by atoms with Crippen molar-refractivity contribution < 1.29 is 0 Å². The van der Waals surface area contributed by atoms with Crippen molar-refractivity contribution in [2.45, 2.75) is 36.9 Å². The van der Waals surface area contributed by atoms with E-state index in [0.29, 0.717) is 12.5 Å². The van der Waals surface area contributed by atoms with Crippen LogP contribution in [0.3, 0.4) is 0 Å². The van der Waals surface area contributed by atoms with Gasteiger partial charge in [-0.15, -0.1) is 21.5 Å². The van der Waals surface area contributed by atoms with Gasteiger partial charge in [-0.3, -0.25) is 4.57 Å². The van der Waals surface area contributed by atoms with E-state index in [4.69, 9.17) is 5.26 Å². The molecule has 0 unspecified atom stereocenters. The van der Waals surface area contributed by atoms with E-state index < -0.39 is 0 Å². The molecule has 0 spiro atoms. The molecule has 2 aromatic heterocycles. The van der Waals surface area contributed by atoms with Gasteiger partial charge in [0, 0.05) is 18.2 Å². The van der Waals surface area contributed by atoms with Gasteiger partial charge in [0.25, 0.3) is 0 Å². The van der Waals surface area contributed by atoms with Crippen LogP contribution in [0.5, 0.6) is 0 Å². The third-order valence-corrected chi connectivity index (χ3v) is 4.88. The molecule has 0 saturated heterocycles. The van der Waals surface area contributed by atoms with Crippen LogP contribution in [0.15, 0.2) is 22.7 Å². The lowest BCUT2D eigenvalue weighted by molar-refractivity contribution is 0.669. The zero-order valence-corrected chi connectivity index (χ0v) is 12.1. The summed E-state index contributed by atoms with van der Waals surface area (Å²) in [5, 5.41) is 20.3. The van der Waals surface area contributed by atoms with Crippen LogP contribution in [0.25, 0.3) is 10.7 Å². The number of nitriles is 1. The molecule has 0 radical (unpaired) electrons. The molecule has 1 aliphatic carbocycles. The van der Waals surface area contributed by atoms with E-state index in [2.05, 4.69) is 32.3 Å². The van der Waals surface area contributed by atoms with E-state index >= 15 is 0 Å². The fraction of sp³-hybridized carbons (Fsp3) is 0.462. The van der Waals surface area contributed by atoms with E-state index in [1.54, 1.807) is 23.1 Å². The molecule has 3 rings (SSSR count). The predicted octanol–water partition coefficient (Wildman–Crippen LogP) is 3.74. The smallest absolute Gasteiger partial charge is 0.191 e. The van der Waals surface area contributed by atoms with Gasteiger partial charge in [-0.25, -0.2) is 0 Å². The summed E-state index contributed by atoms with van der Waals surface area (Å²) in [6, 6.07) is 6.89. The lowest BCUT2D eigenvalue weighted by Gasteiger charge is -2.06. The number of nitrogens with zero attached hydrogens (tertiary/aromatic N) is 4. The summed E-state index contributed by atoms with van der Waals surface area (Å²) >= 11 is 3.42. The molecule has 0 bridgehead atoms. The highest BCUT2D eigenvalue weighted by atomic mass is 32.2. The first kappa shape index (κ1) is 12.7. The minimum Gasteiger partial charge on any atom is -0.298 e. The molecular formula is C13H14N4S2. The van der Waals surface area contributed by atoms with E-state index in [9.17, 15) is 0 Å². The van der Waals surface area contributed by atoms with Crippen molar-refractivity contribution in [2.24, 2.45) is 0 Å². The van der Waals surface area contributed by atoms with E-state index in [1.807, 2.05) is 6.07 Å². The Balaban J connectivity index is 1.79. The Bertz CT molecular complexity index is 578. The molecular weight excluding hydrogens is 276 g/mol. The fourth-order valence-electron chi connectivity index (χ4n) is 1.93. The Labute approximate surface area is 120 Å². The first-order valence-electron chi connectivity index (χ1n) is 6.38. The number of rotatable bonds is 6. The molecule has 2 heterocycles. The first-order valence-corrected chi connectivity index (χ1v) is 8.25. The SMILES string of the molecule is N#CCCCSc1nnc(-c2cccs2)n1C1CC1. The minimum absolute atomic E-state index is 0.575. The molecule has 0 N–H and O–H groups in total. The summed E-state index contributed by atoms with van der Waals surface area (Å²) in [7, 11) is 0. The van der Waals surface area contributed by atoms with Crippen LogP contribution in [-0.4, -0.2) is 20.5 Å². The Morgan fingerprint density at radius 1 is 1.47 bits per heavy atom. The van der Waals surface area contributed by atoms with Crippen molar-refractivity contribution in [1.82, 2.24) is 14.8 Å². The lowest BCUT2D eigenvalue weighted by Crippen LogP contribution is -1.99. The Morgan fingerprint density at radius 3 is 3.05 bits per heavy atom. The van der Waals surface area contributed by atoms with Crippen molar-refractivity contribution in [2.75, 3.05) is 5.75 Å². The quantitative estimate of drug-likeness (QED) is 0.601. The zero-order valence-electron chi connectivity index (χ0n) is 10.5. The molecule has 19 heavy (non-hydrogen) atoms. The van der Waals surface area contributed by atoms with E-state index in [1.165, 1.54) is 17.7 Å². The molecule has 2 aromatic rings. The van der Waals surface area contributed by atoms with Gasteiger partial charge in [-0.2, -0.15) is 5.26 Å². The maximum Gasteiger partial charge on any atom is 0.191 e. The molecule has 1 fully saturated rings. The molecule has 6 heteroatoms. The van der Waals surface area contributed by atoms with Gasteiger partial charge in [-0.05, 0) is 30.7 Å². The van der Waals surface area contributed by atoms with Crippen LogP contribution in [0.2, 0.25) is 0 Å². The van der Waals surface area contributed by atoms with Crippen molar-refractivity contribution >= 4 is 23.1 Å². The normalized spacial score (nSPS) is 14.5. The van der Waals surface area contributed by atoms with E-state index in [0.717, 1.165) is 23.2 Å². The molecule has 98 valence electrons. The van der Waals surface area contributed by atoms with Crippen LogP contribution in [0.4, 0.5) is 0 Å². The Hall–Kier alpha value is -1.32. The molecule has 1 saturated carbocycles. The van der Waals surface area contributed by atoms with Crippen molar-refractivity contribution in [3.63, 3.8) is 0 Å². The van der Waals surface area contributed by atoms with Gasteiger partial charge < -0.3 is 0 Å². The van der Waals surface area contributed by atoms with Crippen molar-refractivity contribution in [1.29, 1.82) is 5.26 Å². The first-order chi connectivity index (χ1) is 9.40. The van der Waals surface area contributed by atoms with Crippen molar-refractivity contribution in [3.05, 3.63) is 17.5 Å². The van der Waals surface area contributed by atoms with Crippen LogP contribution in [0, 0.1) is 11.3 Å². The van der Waals surface area contributed by atoms with Crippen LogP contribution in [0.1, 0.15) is 31.7 Å². The third-order valence-electron chi connectivity index (χ3n) is 2.98. The van der Waals surface area contributed by atoms with Gasteiger partial charge in [0.15, 0.2) is 11.0 Å². The van der Waals surface area contributed by atoms with Gasteiger partial charge >= 0.3 is 0 Å². The predicted molar refractivity (Wildman–Crippen MR) is 77.2 cm³/mol. The summed E-state index contributed by atoms with van der Waals surface area (Å²) in [6.45, 7) is 0. The molecule has 0 aromatic carbocycles. The summed E-state index contributed by atoms with van der Waals surface area (Å²) in [5.74, 6) is 1.93. The second kappa shape index (κ2) is 5.76. The number of hydrogen-bond acceptors (Lipinski definition) is 5. The maximum absolute atomic E-state index is 8.55. The van der Waals surface area contributed by atoms with Gasteiger partial charge in [0.05, 0.1) is 10.9 Å². The number of thiophene rings is 1.